The zero-order chi connectivity index (χ0) is 24.5. The van der Waals surface area contributed by atoms with Crippen molar-refractivity contribution in [3.8, 4) is 17.1 Å². The van der Waals surface area contributed by atoms with Crippen molar-refractivity contribution in [2.75, 3.05) is 25.6 Å². The molecule has 184 valence electrons. The number of fused-ring (bicyclic) bond motifs is 3. The highest BCUT2D eigenvalue weighted by molar-refractivity contribution is 5.82. The number of imidazole rings is 1. The number of ether oxygens (including phenoxy) is 2. The molecule has 2 aliphatic rings. The fraction of sp³-hybridized carbons (Fsp3) is 0.321. The summed E-state index contributed by atoms with van der Waals surface area (Å²) in [4.78, 5) is 13.5. The van der Waals surface area contributed by atoms with Gasteiger partial charge >= 0.3 is 6.01 Å². The first-order valence-corrected chi connectivity index (χ1v) is 12.4. The van der Waals surface area contributed by atoms with Crippen LogP contribution in [0.4, 0.5) is 5.82 Å². The summed E-state index contributed by atoms with van der Waals surface area (Å²) in [5, 5.41) is 3.53. The third-order valence-electron chi connectivity index (χ3n) is 6.82. The van der Waals surface area contributed by atoms with Crippen molar-refractivity contribution in [1.82, 2.24) is 24.8 Å². The molecule has 8 nitrogen and oxygen atoms in total. The Bertz CT molecular complexity index is 1420. The van der Waals surface area contributed by atoms with Crippen molar-refractivity contribution >= 4 is 17.0 Å². The molecular weight excluding hydrogens is 452 g/mol. The van der Waals surface area contributed by atoms with Gasteiger partial charge in [-0.25, -0.2) is 4.98 Å². The molecule has 0 saturated carbocycles. The fourth-order valence-electron chi connectivity index (χ4n) is 4.71. The second kappa shape index (κ2) is 9.72. The second-order valence-corrected chi connectivity index (χ2v) is 9.43. The molecule has 3 N–H and O–H groups in total. The van der Waals surface area contributed by atoms with E-state index in [1.54, 1.807) is 0 Å². The third kappa shape index (κ3) is 4.57. The first-order chi connectivity index (χ1) is 17.6. The van der Waals surface area contributed by atoms with E-state index in [4.69, 9.17) is 15.2 Å². The summed E-state index contributed by atoms with van der Waals surface area (Å²) in [6, 6.07) is 16.3. The Morgan fingerprint density at radius 2 is 1.92 bits per heavy atom. The predicted molar refractivity (Wildman–Crippen MR) is 140 cm³/mol. The van der Waals surface area contributed by atoms with E-state index in [2.05, 4.69) is 79.5 Å². The summed E-state index contributed by atoms with van der Waals surface area (Å²) in [6.45, 7) is 5.58. The maximum Gasteiger partial charge on any atom is 0.320 e. The van der Waals surface area contributed by atoms with E-state index in [9.17, 15) is 0 Å². The van der Waals surface area contributed by atoms with Gasteiger partial charge in [0.15, 0.2) is 17.0 Å². The lowest BCUT2D eigenvalue weighted by Crippen LogP contribution is -2.45. The molecule has 0 unspecified atom stereocenters. The standard InChI is InChI=1S/C28H30N6O2/c1-18-31-25-26(29)32-28-33-27(25)34(18)15-20-8-11-24(22(13-20)5-3-2-4-12-36-28)21-9-6-19(7-10-21)14-30-23-16-35-17-23/h2-3,6-11,13,23,30H,4-5,12,14-17H2,1H3,(H2,29,32,33)/b3-2-. The Hall–Kier alpha value is -3.75. The van der Waals surface area contributed by atoms with Crippen LogP contribution in [0.25, 0.3) is 22.3 Å². The Morgan fingerprint density at radius 1 is 1.06 bits per heavy atom. The summed E-state index contributed by atoms with van der Waals surface area (Å²) in [6.07, 6.45) is 5.98. The van der Waals surface area contributed by atoms with Gasteiger partial charge in [0.2, 0.25) is 0 Å². The quantitative estimate of drug-likeness (QED) is 0.427. The number of allylic oxidation sites excluding steroid dienone is 1. The number of nitrogens with one attached hydrogen (secondary N) is 1. The number of aryl methyl sites for hydroxylation is 1. The lowest BCUT2D eigenvalue weighted by molar-refractivity contribution is -0.00578. The summed E-state index contributed by atoms with van der Waals surface area (Å²) in [5.74, 6) is 1.19. The maximum atomic E-state index is 6.18. The lowest BCUT2D eigenvalue weighted by atomic mass is 9.94. The zero-order valence-corrected chi connectivity index (χ0v) is 20.4. The highest BCUT2D eigenvalue weighted by Crippen LogP contribution is 2.28. The first kappa shape index (κ1) is 22.7. The van der Waals surface area contributed by atoms with Crippen molar-refractivity contribution in [1.29, 1.82) is 0 Å². The molecule has 8 heteroatoms. The lowest BCUT2D eigenvalue weighted by Gasteiger charge is -2.27. The molecule has 6 rings (SSSR count). The molecule has 0 amide bonds. The number of benzene rings is 2. The monoisotopic (exact) mass is 482 g/mol. The van der Waals surface area contributed by atoms with Crippen LogP contribution in [-0.2, 0) is 24.2 Å². The highest BCUT2D eigenvalue weighted by atomic mass is 16.5. The van der Waals surface area contributed by atoms with Gasteiger partial charge in [0.05, 0.1) is 32.4 Å². The summed E-state index contributed by atoms with van der Waals surface area (Å²) >= 11 is 0. The fourth-order valence-corrected chi connectivity index (χ4v) is 4.71. The van der Waals surface area contributed by atoms with E-state index in [0.717, 1.165) is 38.4 Å². The normalized spacial score (nSPS) is 16.9. The average Bonchev–Trinajstić information content (AvgIpc) is 3.16. The molecule has 2 aliphatic heterocycles. The van der Waals surface area contributed by atoms with Crippen molar-refractivity contribution in [3.63, 3.8) is 0 Å². The molecule has 4 heterocycles. The smallest absolute Gasteiger partial charge is 0.320 e. The molecule has 2 aromatic heterocycles. The summed E-state index contributed by atoms with van der Waals surface area (Å²) in [7, 11) is 0. The van der Waals surface area contributed by atoms with Crippen molar-refractivity contribution < 1.29 is 9.47 Å². The number of nitrogens with zero attached hydrogens (tertiary/aromatic N) is 4. The van der Waals surface area contributed by atoms with Crippen molar-refractivity contribution in [3.05, 3.63) is 77.1 Å². The van der Waals surface area contributed by atoms with Crippen LogP contribution in [0.3, 0.4) is 0 Å². The van der Waals surface area contributed by atoms with Crippen LogP contribution in [0, 0.1) is 6.92 Å². The van der Waals surface area contributed by atoms with Gasteiger partial charge in [0, 0.05) is 6.54 Å². The number of hydrogen-bond donors (Lipinski definition) is 2. The topological polar surface area (TPSA) is 100 Å². The van der Waals surface area contributed by atoms with Crippen LogP contribution in [0.15, 0.2) is 54.6 Å². The van der Waals surface area contributed by atoms with Gasteiger partial charge in [-0.15, -0.1) is 0 Å². The number of nitrogens with two attached hydrogens (primary N) is 1. The van der Waals surface area contributed by atoms with E-state index in [-0.39, 0.29) is 0 Å². The van der Waals surface area contributed by atoms with Crippen LogP contribution in [0.2, 0.25) is 0 Å². The van der Waals surface area contributed by atoms with Crippen LogP contribution in [0.5, 0.6) is 6.01 Å². The minimum absolute atomic E-state index is 0.294. The predicted octanol–water partition coefficient (Wildman–Crippen LogP) is 3.80. The number of aromatic nitrogens is 4. The molecule has 2 aromatic carbocycles. The molecule has 1 saturated heterocycles. The highest BCUT2D eigenvalue weighted by Gasteiger charge is 2.18. The Morgan fingerprint density at radius 3 is 2.72 bits per heavy atom. The van der Waals surface area contributed by atoms with Gasteiger partial charge in [0.25, 0.3) is 0 Å². The number of anilines is 1. The molecule has 0 atom stereocenters. The van der Waals surface area contributed by atoms with Gasteiger partial charge < -0.3 is 25.1 Å². The molecule has 0 aliphatic carbocycles. The van der Waals surface area contributed by atoms with Crippen molar-refractivity contribution in [2.24, 2.45) is 0 Å². The minimum atomic E-state index is 0.294. The zero-order valence-electron chi connectivity index (χ0n) is 20.4. The number of hydrogen-bond acceptors (Lipinski definition) is 7. The van der Waals surface area contributed by atoms with Crippen LogP contribution in [0.1, 0.15) is 28.9 Å². The van der Waals surface area contributed by atoms with E-state index in [1.165, 1.54) is 27.8 Å². The molecule has 1 fully saturated rings. The third-order valence-corrected chi connectivity index (χ3v) is 6.82. The van der Waals surface area contributed by atoms with Gasteiger partial charge in [0.1, 0.15) is 5.82 Å². The van der Waals surface area contributed by atoms with E-state index >= 15 is 0 Å². The second-order valence-electron chi connectivity index (χ2n) is 9.43. The van der Waals surface area contributed by atoms with E-state index in [1.807, 2.05) is 6.92 Å². The van der Waals surface area contributed by atoms with Crippen LogP contribution in [-0.4, -0.2) is 45.4 Å². The Kier molecular flexibility index (Phi) is 6.13. The molecule has 4 aromatic rings. The molecular formula is C28H30N6O2. The minimum Gasteiger partial charge on any atom is -0.463 e. The summed E-state index contributed by atoms with van der Waals surface area (Å²) < 4.78 is 13.1. The van der Waals surface area contributed by atoms with Gasteiger partial charge in [-0.2, -0.15) is 9.97 Å². The van der Waals surface area contributed by atoms with Gasteiger partial charge in [-0.3, -0.25) is 0 Å². The maximum absolute atomic E-state index is 6.18. The SMILES string of the molecule is Cc1nc2c(N)nc3nc2n1Cc1ccc(-c2ccc(CNC4COC4)cc2)c(c1)C/C=C\CCO3. The Balaban J connectivity index is 1.33. The van der Waals surface area contributed by atoms with Crippen LogP contribution >= 0.6 is 0 Å². The van der Waals surface area contributed by atoms with Gasteiger partial charge in [-0.1, -0.05) is 54.6 Å². The number of nitrogen functional groups attached to an aromatic ring is 1. The molecule has 0 radical (unpaired) electrons. The van der Waals surface area contributed by atoms with E-state index in [0.29, 0.717) is 42.2 Å². The average molecular weight is 483 g/mol. The van der Waals surface area contributed by atoms with Crippen LogP contribution < -0.4 is 15.8 Å². The van der Waals surface area contributed by atoms with E-state index < -0.39 is 0 Å². The van der Waals surface area contributed by atoms with Crippen molar-refractivity contribution in [2.45, 2.75) is 38.9 Å². The molecule has 0 spiro atoms. The summed E-state index contributed by atoms with van der Waals surface area (Å²) in [5.41, 5.74) is 13.7. The van der Waals surface area contributed by atoms with Gasteiger partial charge in [-0.05, 0) is 47.6 Å². The number of rotatable bonds is 4. The molecule has 36 heavy (non-hydrogen) atoms. The molecule has 4 bridgehead atoms. The Labute approximate surface area is 210 Å². The largest absolute Gasteiger partial charge is 0.463 e. The first-order valence-electron chi connectivity index (χ1n) is 12.4.